The SMILES string of the molecule is CCN(CC)S(=O)(=O)c1ccc(CNCc2ccc(C(=O)NC)cc2)cc1. The smallest absolute Gasteiger partial charge is 0.251 e. The summed E-state index contributed by atoms with van der Waals surface area (Å²) in [7, 11) is -1.81. The van der Waals surface area contributed by atoms with E-state index in [0.717, 1.165) is 11.1 Å². The van der Waals surface area contributed by atoms with E-state index < -0.39 is 10.0 Å². The third-order valence-electron chi connectivity index (χ3n) is 4.37. The van der Waals surface area contributed by atoms with Crippen molar-refractivity contribution >= 4 is 15.9 Å². The molecule has 0 spiro atoms. The first-order valence-electron chi connectivity index (χ1n) is 9.03. The van der Waals surface area contributed by atoms with Crippen molar-refractivity contribution in [3.63, 3.8) is 0 Å². The molecular weight excluding hydrogens is 362 g/mol. The molecule has 0 heterocycles. The van der Waals surface area contributed by atoms with Gasteiger partial charge in [-0.2, -0.15) is 4.31 Å². The van der Waals surface area contributed by atoms with Gasteiger partial charge in [0.05, 0.1) is 4.90 Å². The molecule has 0 fully saturated rings. The Hall–Kier alpha value is -2.22. The number of nitrogens with one attached hydrogen (secondary N) is 2. The maximum atomic E-state index is 12.5. The lowest BCUT2D eigenvalue weighted by molar-refractivity contribution is 0.0963. The number of carbonyl (C=O) groups is 1. The summed E-state index contributed by atoms with van der Waals surface area (Å²) in [4.78, 5) is 11.8. The Morgan fingerprint density at radius 3 is 1.81 bits per heavy atom. The molecule has 0 aliphatic rings. The van der Waals surface area contributed by atoms with Gasteiger partial charge in [0.1, 0.15) is 0 Å². The second-order valence-corrected chi connectivity index (χ2v) is 8.05. The van der Waals surface area contributed by atoms with Crippen LogP contribution < -0.4 is 10.6 Å². The first-order chi connectivity index (χ1) is 12.9. The van der Waals surface area contributed by atoms with E-state index in [2.05, 4.69) is 10.6 Å². The van der Waals surface area contributed by atoms with Crippen LogP contribution in [0.2, 0.25) is 0 Å². The van der Waals surface area contributed by atoms with E-state index >= 15 is 0 Å². The maximum Gasteiger partial charge on any atom is 0.251 e. The number of amides is 1. The number of nitrogens with zero attached hydrogens (tertiary/aromatic N) is 1. The van der Waals surface area contributed by atoms with E-state index in [1.165, 1.54) is 4.31 Å². The fraction of sp³-hybridized carbons (Fsp3) is 0.350. The van der Waals surface area contributed by atoms with Crippen LogP contribution in [0.3, 0.4) is 0 Å². The monoisotopic (exact) mass is 389 g/mol. The molecule has 27 heavy (non-hydrogen) atoms. The summed E-state index contributed by atoms with van der Waals surface area (Å²) in [6, 6.07) is 14.4. The van der Waals surface area contributed by atoms with Crippen LogP contribution in [0, 0.1) is 0 Å². The Kier molecular flexibility index (Phi) is 7.53. The van der Waals surface area contributed by atoms with Crippen LogP contribution in [0.25, 0.3) is 0 Å². The largest absolute Gasteiger partial charge is 0.355 e. The van der Waals surface area contributed by atoms with Crippen LogP contribution in [0.4, 0.5) is 0 Å². The number of hydrogen-bond acceptors (Lipinski definition) is 4. The lowest BCUT2D eigenvalue weighted by atomic mass is 10.1. The Balaban J connectivity index is 1.93. The number of rotatable bonds is 9. The summed E-state index contributed by atoms with van der Waals surface area (Å²) >= 11 is 0. The van der Waals surface area contributed by atoms with Crippen molar-refractivity contribution in [1.29, 1.82) is 0 Å². The molecule has 0 aromatic heterocycles. The summed E-state index contributed by atoms with van der Waals surface area (Å²) in [6.07, 6.45) is 0. The van der Waals surface area contributed by atoms with Crippen molar-refractivity contribution in [2.45, 2.75) is 31.8 Å². The van der Waals surface area contributed by atoms with Crippen molar-refractivity contribution in [2.24, 2.45) is 0 Å². The molecule has 2 aromatic rings. The van der Waals surface area contributed by atoms with Gasteiger partial charge in [0.25, 0.3) is 5.91 Å². The lowest BCUT2D eigenvalue weighted by Gasteiger charge is -2.18. The van der Waals surface area contributed by atoms with Gasteiger partial charge in [0, 0.05) is 38.8 Å². The zero-order chi connectivity index (χ0) is 19.9. The molecule has 0 radical (unpaired) electrons. The summed E-state index contributed by atoms with van der Waals surface area (Å²) in [6.45, 7) is 5.87. The first kappa shape index (κ1) is 21.1. The van der Waals surface area contributed by atoms with E-state index in [1.807, 2.05) is 38.1 Å². The van der Waals surface area contributed by atoms with E-state index in [1.54, 1.807) is 31.3 Å². The van der Waals surface area contributed by atoms with Gasteiger partial charge >= 0.3 is 0 Å². The Morgan fingerprint density at radius 1 is 0.889 bits per heavy atom. The van der Waals surface area contributed by atoms with E-state index in [4.69, 9.17) is 0 Å². The van der Waals surface area contributed by atoms with Crippen LogP contribution >= 0.6 is 0 Å². The van der Waals surface area contributed by atoms with Gasteiger partial charge in [0.2, 0.25) is 10.0 Å². The third-order valence-corrected chi connectivity index (χ3v) is 6.43. The topological polar surface area (TPSA) is 78.5 Å². The second-order valence-electron chi connectivity index (χ2n) is 6.11. The van der Waals surface area contributed by atoms with Crippen LogP contribution in [-0.4, -0.2) is 38.8 Å². The number of carbonyl (C=O) groups excluding carboxylic acids is 1. The van der Waals surface area contributed by atoms with Crippen LogP contribution in [0.15, 0.2) is 53.4 Å². The molecule has 146 valence electrons. The molecule has 0 saturated carbocycles. The minimum atomic E-state index is -3.41. The van der Waals surface area contributed by atoms with Crippen molar-refractivity contribution in [1.82, 2.24) is 14.9 Å². The molecule has 0 unspecified atom stereocenters. The Morgan fingerprint density at radius 2 is 1.37 bits per heavy atom. The Bertz CT molecular complexity index is 843. The highest BCUT2D eigenvalue weighted by atomic mass is 32.2. The maximum absolute atomic E-state index is 12.5. The van der Waals surface area contributed by atoms with Gasteiger partial charge in [-0.05, 0) is 35.4 Å². The summed E-state index contributed by atoms with van der Waals surface area (Å²) in [5.74, 6) is -0.103. The fourth-order valence-corrected chi connectivity index (χ4v) is 4.22. The molecule has 2 rings (SSSR count). The van der Waals surface area contributed by atoms with Crippen LogP contribution in [0.5, 0.6) is 0 Å². The van der Waals surface area contributed by atoms with Crippen molar-refractivity contribution in [3.05, 3.63) is 65.2 Å². The molecule has 0 atom stereocenters. The zero-order valence-electron chi connectivity index (χ0n) is 16.0. The quantitative estimate of drug-likeness (QED) is 0.690. The summed E-state index contributed by atoms with van der Waals surface area (Å²) in [5.41, 5.74) is 2.71. The van der Waals surface area contributed by atoms with Gasteiger partial charge in [-0.3, -0.25) is 4.79 Å². The van der Waals surface area contributed by atoms with Crippen LogP contribution in [-0.2, 0) is 23.1 Å². The first-order valence-corrected chi connectivity index (χ1v) is 10.5. The molecule has 0 bridgehead atoms. The number of sulfonamides is 1. The highest BCUT2D eigenvalue weighted by molar-refractivity contribution is 7.89. The minimum absolute atomic E-state index is 0.103. The van der Waals surface area contributed by atoms with Crippen molar-refractivity contribution in [3.8, 4) is 0 Å². The predicted octanol–water partition coefficient (Wildman–Crippen LogP) is 2.37. The summed E-state index contributed by atoms with van der Waals surface area (Å²) < 4.78 is 26.4. The minimum Gasteiger partial charge on any atom is -0.355 e. The molecule has 6 nitrogen and oxygen atoms in total. The average molecular weight is 390 g/mol. The van der Waals surface area contributed by atoms with Gasteiger partial charge in [-0.15, -0.1) is 0 Å². The highest BCUT2D eigenvalue weighted by Crippen LogP contribution is 2.16. The van der Waals surface area contributed by atoms with E-state index in [0.29, 0.717) is 36.6 Å². The van der Waals surface area contributed by atoms with Gasteiger partial charge in [-0.25, -0.2) is 8.42 Å². The molecular formula is C20H27N3O3S. The van der Waals surface area contributed by atoms with E-state index in [-0.39, 0.29) is 5.91 Å². The van der Waals surface area contributed by atoms with Crippen molar-refractivity contribution < 1.29 is 13.2 Å². The highest BCUT2D eigenvalue weighted by Gasteiger charge is 2.20. The standard InChI is InChI=1S/C20H27N3O3S/c1-4-23(5-2)27(25,26)19-12-8-17(9-13-19)15-22-14-16-6-10-18(11-7-16)20(24)21-3/h6-13,22H,4-5,14-15H2,1-3H3,(H,21,24). The zero-order valence-corrected chi connectivity index (χ0v) is 16.8. The van der Waals surface area contributed by atoms with Gasteiger partial charge in [0.15, 0.2) is 0 Å². The fourth-order valence-electron chi connectivity index (χ4n) is 2.76. The molecule has 2 aromatic carbocycles. The van der Waals surface area contributed by atoms with Crippen molar-refractivity contribution in [2.75, 3.05) is 20.1 Å². The second kappa shape index (κ2) is 9.64. The molecule has 0 aliphatic heterocycles. The average Bonchev–Trinajstić information content (AvgIpc) is 2.69. The third kappa shape index (κ3) is 5.38. The van der Waals surface area contributed by atoms with Crippen LogP contribution in [0.1, 0.15) is 35.3 Å². The van der Waals surface area contributed by atoms with Gasteiger partial charge < -0.3 is 10.6 Å². The van der Waals surface area contributed by atoms with Gasteiger partial charge in [-0.1, -0.05) is 38.1 Å². The molecule has 0 aliphatic carbocycles. The Labute approximate surface area is 161 Å². The molecule has 7 heteroatoms. The molecule has 2 N–H and O–H groups in total. The molecule has 1 amide bonds. The number of hydrogen-bond donors (Lipinski definition) is 2. The summed E-state index contributed by atoms with van der Waals surface area (Å²) in [5, 5.41) is 5.92. The normalized spacial score (nSPS) is 11.6. The number of benzene rings is 2. The lowest BCUT2D eigenvalue weighted by Crippen LogP contribution is -2.30. The van der Waals surface area contributed by atoms with E-state index in [9.17, 15) is 13.2 Å². The molecule has 0 saturated heterocycles. The predicted molar refractivity (Wildman–Crippen MR) is 107 cm³/mol.